The Bertz CT molecular complexity index is 1000. The van der Waals surface area contributed by atoms with Crippen molar-refractivity contribution in [1.82, 2.24) is 19.9 Å². The Morgan fingerprint density at radius 2 is 1.48 bits per heavy atom. The van der Waals surface area contributed by atoms with E-state index in [9.17, 15) is 0 Å². The molecule has 0 amide bonds. The number of para-hydroxylation sites is 1. The summed E-state index contributed by atoms with van der Waals surface area (Å²) in [6, 6.07) is 19.6. The van der Waals surface area contributed by atoms with Crippen LogP contribution in [0, 0.1) is 11.3 Å². The number of rotatable bonds is 3. The van der Waals surface area contributed by atoms with Crippen molar-refractivity contribution in [2.45, 2.75) is 70.9 Å². The summed E-state index contributed by atoms with van der Waals surface area (Å²) in [5, 5.41) is 9.31. The van der Waals surface area contributed by atoms with E-state index in [1.807, 2.05) is 0 Å². The van der Waals surface area contributed by atoms with Crippen molar-refractivity contribution >= 4 is 11.0 Å². The monoisotopic (exact) mass is 416 g/mol. The number of likely N-dealkylation sites (tertiary alicyclic amines) is 1. The van der Waals surface area contributed by atoms with Crippen LogP contribution in [0.15, 0.2) is 54.6 Å². The summed E-state index contributed by atoms with van der Waals surface area (Å²) in [4.78, 5) is 2.76. The van der Waals surface area contributed by atoms with Crippen molar-refractivity contribution in [3.8, 4) is 0 Å². The highest BCUT2D eigenvalue weighted by Crippen LogP contribution is 2.48. The number of fused-ring (bicyclic) bond motifs is 1. The van der Waals surface area contributed by atoms with Gasteiger partial charge in [-0.2, -0.15) is 0 Å². The lowest BCUT2D eigenvalue weighted by Crippen LogP contribution is -2.56. The van der Waals surface area contributed by atoms with Crippen LogP contribution in [0.3, 0.4) is 0 Å². The van der Waals surface area contributed by atoms with Crippen LogP contribution < -0.4 is 0 Å². The molecule has 4 heteroatoms. The van der Waals surface area contributed by atoms with Crippen LogP contribution in [0.25, 0.3) is 11.0 Å². The third-order valence-electron chi connectivity index (χ3n) is 8.11. The van der Waals surface area contributed by atoms with Crippen molar-refractivity contribution in [3.63, 3.8) is 0 Å². The van der Waals surface area contributed by atoms with E-state index < -0.39 is 0 Å². The molecule has 1 aliphatic heterocycles. The SMILES string of the molecule is CC(C)(C)C1CCC(N2CCC(c3ccccc3)CC2)(n2nnc3ccccc32)CC1. The predicted molar refractivity (Wildman–Crippen MR) is 127 cm³/mol. The largest absolute Gasteiger partial charge is 0.279 e. The fourth-order valence-electron chi connectivity index (χ4n) is 6.14. The second kappa shape index (κ2) is 8.05. The number of benzene rings is 2. The lowest BCUT2D eigenvalue weighted by Gasteiger charge is -2.51. The lowest BCUT2D eigenvalue weighted by molar-refractivity contribution is -0.0606. The van der Waals surface area contributed by atoms with Crippen LogP contribution in [0.4, 0.5) is 0 Å². The normalized spacial score (nSPS) is 26.4. The molecule has 1 saturated carbocycles. The van der Waals surface area contributed by atoms with Gasteiger partial charge in [-0.05, 0) is 73.5 Å². The fourth-order valence-corrected chi connectivity index (χ4v) is 6.14. The summed E-state index contributed by atoms with van der Waals surface area (Å²) in [6.45, 7) is 9.48. The van der Waals surface area contributed by atoms with Gasteiger partial charge in [-0.3, -0.25) is 4.90 Å². The van der Waals surface area contributed by atoms with Gasteiger partial charge in [0.25, 0.3) is 0 Å². The average molecular weight is 417 g/mol. The molecular weight excluding hydrogens is 380 g/mol. The van der Waals surface area contributed by atoms with E-state index in [1.54, 1.807) is 0 Å². The molecule has 2 fully saturated rings. The van der Waals surface area contributed by atoms with Gasteiger partial charge >= 0.3 is 0 Å². The van der Waals surface area contributed by atoms with E-state index in [4.69, 9.17) is 5.21 Å². The Kier molecular flexibility index (Phi) is 5.37. The molecule has 1 aliphatic carbocycles. The van der Waals surface area contributed by atoms with E-state index >= 15 is 0 Å². The van der Waals surface area contributed by atoms with Crippen molar-refractivity contribution in [2.24, 2.45) is 11.3 Å². The molecule has 2 aliphatic rings. The molecule has 0 unspecified atom stereocenters. The fraction of sp³-hybridized carbons (Fsp3) is 0.556. The molecule has 2 heterocycles. The molecule has 0 radical (unpaired) electrons. The van der Waals surface area contributed by atoms with Gasteiger partial charge in [0.05, 0.1) is 5.52 Å². The number of piperidine rings is 1. The first-order valence-electron chi connectivity index (χ1n) is 12.1. The van der Waals surface area contributed by atoms with Crippen LogP contribution in [0.5, 0.6) is 0 Å². The highest BCUT2D eigenvalue weighted by atomic mass is 15.5. The van der Waals surface area contributed by atoms with Gasteiger partial charge in [0.2, 0.25) is 0 Å². The maximum absolute atomic E-state index is 4.76. The Labute approximate surface area is 186 Å². The summed E-state index contributed by atoms with van der Waals surface area (Å²) < 4.78 is 2.30. The zero-order chi connectivity index (χ0) is 21.5. The molecule has 5 rings (SSSR count). The molecule has 164 valence electrons. The molecule has 4 nitrogen and oxygen atoms in total. The number of hydrogen-bond acceptors (Lipinski definition) is 3. The maximum atomic E-state index is 4.76. The molecule has 0 bridgehead atoms. The van der Waals surface area contributed by atoms with Gasteiger partial charge in [0.15, 0.2) is 0 Å². The minimum absolute atomic E-state index is 0.0422. The first-order chi connectivity index (χ1) is 15.0. The van der Waals surface area contributed by atoms with Crippen molar-refractivity contribution in [3.05, 3.63) is 60.2 Å². The number of nitrogens with zero attached hydrogens (tertiary/aromatic N) is 4. The summed E-state index contributed by atoms with van der Waals surface area (Å²) in [6.07, 6.45) is 7.30. The van der Waals surface area contributed by atoms with Crippen LogP contribution in [0.2, 0.25) is 0 Å². The summed E-state index contributed by atoms with van der Waals surface area (Å²) in [5.41, 5.74) is 4.02. The highest BCUT2D eigenvalue weighted by molar-refractivity contribution is 5.74. The smallest absolute Gasteiger partial charge is 0.117 e. The van der Waals surface area contributed by atoms with Crippen LogP contribution in [0.1, 0.15) is 70.8 Å². The lowest BCUT2D eigenvalue weighted by atomic mass is 9.69. The topological polar surface area (TPSA) is 34.0 Å². The van der Waals surface area contributed by atoms with Gasteiger partial charge in [0, 0.05) is 13.1 Å². The first kappa shape index (κ1) is 20.7. The Morgan fingerprint density at radius 3 is 2.16 bits per heavy atom. The zero-order valence-electron chi connectivity index (χ0n) is 19.3. The minimum Gasteiger partial charge on any atom is -0.279 e. The Morgan fingerprint density at radius 1 is 0.839 bits per heavy atom. The average Bonchev–Trinajstić information content (AvgIpc) is 3.24. The van der Waals surface area contributed by atoms with Crippen molar-refractivity contribution in [1.29, 1.82) is 0 Å². The highest BCUT2D eigenvalue weighted by Gasteiger charge is 2.46. The quantitative estimate of drug-likeness (QED) is 0.510. The van der Waals surface area contributed by atoms with Crippen molar-refractivity contribution in [2.75, 3.05) is 13.1 Å². The minimum atomic E-state index is -0.0422. The van der Waals surface area contributed by atoms with Crippen molar-refractivity contribution < 1.29 is 0 Å². The van der Waals surface area contributed by atoms with Gasteiger partial charge in [0.1, 0.15) is 11.2 Å². The van der Waals surface area contributed by atoms with Gasteiger partial charge in [-0.1, -0.05) is 68.4 Å². The standard InChI is InChI=1S/C27H36N4/c1-26(2,3)23-13-17-27(18-14-23,31-25-12-8-7-11-24(25)28-29-31)30-19-15-22(16-20-30)21-9-5-4-6-10-21/h4-12,22-23H,13-20H2,1-3H3. The molecule has 1 aromatic heterocycles. The Balaban J connectivity index is 1.44. The van der Waals surface area contributed by atoms with Gasteiger partial charge in [-0.15, -0.1) is 5.10 Å². The van der Waals surface area contributed by atoms with E-state index in [-0.39, 0.29) is 5.66 Å². The van der Waals surface area contributed by atoms with Gasteiger partial charge < -0.3 is 0 Å². The van der Waals surface area contributed by atoms with E-state index in [0.717, 1.165) is 37.4 Å². The summed E-state index contributed by atoms with van der Waals surface area (Å²) in [7, 11) is 0. The maximum Gasteiger partial charge on any atom is 0.117 e. The number of aromatic nitrogens is 3. The van der Waals surface area contributed by atoms with E-state index in [1.165, 1.54) is 36.8 Å². The molecule has 3 aromatic rings. The second-order valence-electron chi connectivity index (χ2n) is 10.8. The zero-order valence-corrected chi connectivity index (χ0v) is 19.3. The molecule has 0 atom stereocenters. The van der Waals surface area contributed by atoms with E-state index in [0.29, 0.717) is 11.3 Å². The summed E-state index contributed by atoms with van der Waals surface area (Å²) >= 11 is 0. The third-order valence-corrected chi connectivity index (χ3v) is 8.11. The summed E-state index contributed by atoms with van der Waals surface area (Å²) in [5.74, 6) is 1.45. The number of hydrogen-bond donors (Lipinski definition) is 0. The Hall–Kier alpha value is -2.20. The molecule has 2 aromatic carbocycles. The molecule has 0 spiro atoms. The van der Waals surface area contributed by atoms with E-state index in [2.05, 4.69) is 90.0 Å². The van der Waals surface area contributed by atoms with Crippen LogP contribution in [-0.4, -0.2) is 33.0 Å². The molecular formula is C27H36N4. The molecule has 31 heavy (non-hydrogen) atoms. The predicted octanol–water partition coefficient (Wildman–Crippen LogP) is 6.20. The first-order valence-corrected chi connectivity index (χ1v) is 12.1. The third kappa shape index (κ3) is 3.80. The van der Waals surface area contributed by atoms with Crippen LogP contribution >= 0.6 is 0 Å². The second-order valence-corrected chi connectivity index (χ2v) is 10.8. The van der Waals surface area contributed by atoms with Gasteiger partial charge in [-0.25, -0.2) is 4.68 Å². The van der Waals surface area contributed by atoms with Crippen LogP contribution in [-0.2, 0) is 5.66 Å². The molecule has 0 N–H and O–H groups in total. The molecule has 1 saturated heterocycles.